The zero-order valence-electron chi connectivity index (χ0n) is 15.7. The summed E-state index contributed by atoms with van der Waals surface area (Å²) in [5, 5.41) is 7.73. The Morgan fingerprint density at radius 1 is 1.31 bits per heavy atom. The Hall–Kier alpha value is -3.37. The van der Waals surface area contributed by atoms with Crippen LogP contribution in [0.2, 0.25) is 0 Å². The van der Waals surface area contributed by atoms with E-state index in [0.717, 1.165) is 5.39 Å². The van der Waals surface area contributed by atoms with E-state index in [2.05, 4.69) is 25.1 Å². The van der Waals surface area contributed by atoms with Crippen molar-refractivity contribution in [3.8, 4) is 11.6 Å². The normalized spacial score (nSPS) is 11.5. The molecule has 0 bridgehead atoms. The number of rotatable bonds is 7. The van der Waals surface area contributed by atoms with Crippen LogP contribution in [0.4, 0.5) is 13.2 Å². The molecule has 3 aromatic rings. The number of alkyl halides is 3. The molecule has 0 aliphatic carbocycles. The Kier molecular flexibility index (Phi) is 5.85. The third kappa shape index (κ3) is 5.12. The van der Waals surface area contributed by atoms with Crippen LogP contribution in [0.25, 0.3) is 10.9 Å². The zero-order chi connectivity index (χ0) is 21.0. The highest BCUT2D eigenvalue weighted by Gasteiger charge is 2.29. The van der Waals surface area contributed by atoms with Gasteiger partial charge < -0.3 is 14.8 Å². The van der Waals surface area contributed by atoms with Gasteiger partial charge in [0.15, 0.2) is 12.4 Å². The van der Waals surface area contributed by atoms with Crippen molar-refractivity contribution in [3.63, 3.8) is 0 Å². The van der Waals surface area contributed by atoms with Crippen LogP contribution < -0.4 is 14.8 Å². The average molecular weight is 409 g/mol. The fraction of sp³-hybridized carbons (Fsp3) is 0.333. The van der Waals surface area contributed by atoms with E-state index in [4.69, 9.17) is 4.74 Å². The first kappa shape index (κ1) is 20.4. The van der Waals surface area contributed by atoms with E-state index >= 15 is 0 Å². The summed E-state index contributed by atoms with van der Waals surface area (Å²) in [6, 6.07) is 3.26. The fourth-order valence-electron chi connectivity index (χ4n) is 2.66. The number of nitrogens with one attached hydrogen (secondary N) is 1. The molecule has 0 aliphatic rings. The molecule has 0 aliphatic heterocycles. The Morgan fingerprint density at radius 3 is 2.79 bits per heavy atom. The smallest absolute Gasteiger partial charge is 0.422 e. The molecule has 154 valence electrons. The lowest BCUT2D eigenvalue weighted by Crippen LogP contribution is -2.20. The van der Waals surface area contributed by atoms with E-state index in [9.17, 15) is 18.0 Å². The van der Waals surface area contributed by atoms with Gasteiger partial charge in [-0.15, -0.1) is 0 Å². The van der Waals surface area contributed by atoms with Crippen LogP contribution in [-0.4, -0.2) is 52.6 Å². The molecule has 3 aromatic heterocycles. The van der Waals surface area contributed by atoms with Crippen molar-refractivity contribution in [2.24, 2.45) is 0 Å². The molecule has 0 saturated heterocycles. The number of amides is 1. The van der Waals surface area contributed by atoms with Crippen molar-refractivity contribution in [2.45, 2.75) is 19.1 Å². The van der Waals surface area contributed by atoms with Crippen LogP contribution in [-0.2, 0) is 17.8 Å². The van der Waals surface area contributed by atoms with E-state index in [1.54, 1.807) is 30.2 Å². The minimum atomic E-state index is -4.47. The number of fused-ring (bicyclic) bond motifs is 1. The van der Waals surface area contributed by atoms with E-state index in [0.29, 0.717) is 16.8 Å². The van der Waals surface area contributed by atoms with Gasteiger partial charge in [0.2, 0.25) is 5.91 Å². The van der Waals surface area contributed by atoms with Gasteiger partial charge in [-0.05, 0) is 17.7 Å². The van der Waals surface area contributed by atoms with Crippen molar-refractivity contribution >= 4 is 16.8 Å². The van der Waals surface area contributed by atoms with Gasteiger partial charge in [0.1, 0.15) is 0 Å². The molecule has 0 aromatic carbocycles. The molecule has 11 heteroatoms. The van der Waals surface area contributed by atoms with Crippen LogP contribution >= 0.6 is 0 Å². The first-order valence-electron chi connectivity index (χ1n) is 8.53. The molecular weight excluding hydrogens is 391 g/mol. The molecule has 0 saturated carbocycles. The molecule has 0 unspecified atom stereocenters. The second-order valence-corrected chi connectivity index (χ2v) is 6.12. The maximum absolute atomic E-state index is 12.3. The van der Waals surface area contributed by atoms with Gasteiger partial charge in [-0.1, -0.05) is 0 Å². The number of ether oxygens (including phenoxy) is 2. The molecular formula is C18H18F3N5O3. The van der Waals surface area contributed by atoms with E-state index in [-0.39, 0.29) is 30.5 Å². The Labute approximate surface area is 163 Å². The summed E-state index contributed by atoms with van der Waals surface area (Å²) in [5.41, 5.74) is 1.92. The second kappa shape index (κ2) is 8.33. The zero-order valence-corrected chi connectivity index (χ0v) is 15.7. The van der Waals surface area contributed by atoms with Gasteiger partial charge in [0, 0.05) is 31.0 Å². The quantitative estimate of drug-likeness (QED) is 0.643. The highest BCUT2D eigenvalue weighted by Crippen LogP contribution is 2.27. The van der Waals surface area contributed by atoms with Crippen molar-refractivity contribution in [2.75, 3.05) is 20.8 Å². The lowest BCUT2D eigenvalue weighted by molar-refractivity contribution is -0.154. The summed E-state index contributed by atoms with van der Waals surface area (Å²) in [4.78, 5) is 19.8. The topological polar surface area (TPSA) is 91.2 Å². The van der Waals surface area contributed by atoms with Crippen LogP contribution in [0.1, 0.15) is 11.3 Å². The number of methoxy groups -OCH3 is 1. The molecule has 3 heterocycles. The highest BCUT2D eigenvalue weighted by atomic mass is 19.4. The van der Waals surface area contributed by atoms with Gasteiger partial charge >= 0.3 is 6.18 Å². The molecule has 3 rings (SSSR count). The maximum Gasteiger partial charge on any atom is 0.422 e. The van der Waals surface area contributed by atoms with Gasteiger partial charge in [0.25, 0.3) is 5.88 Å². The first-order chi connectivity index (χ1) is 13.8. The number of carbonyl (C=O) groups is 1. The summed E-state index contributed by atoms with van der Waals surface area (Å²) in [5.74, 6) is -0.317. The number of hydrogen-bond donors (Lipinski definition) is 1. The van der Waals surface area contributed by atoms with Crippen LogP contribution in [0, 0.1) is 0 Å². The lowest BCUT2D eigenvalue weighted by atomic mass is 10.2. The predicted molar refractivity (Wildman–Crippen MR) is 96.7 cm³/mol. The molecule has 0 spiro atoms. The summed E-state index contributed by atoms with van der Waals surface area (Å²) in [6.07, 6.45) is 0.377. The van der Waals surface area contributed by atoms with E-state index < -0.39 is 12.8 Å². The van der Waals surface area contributed by atoms with Gasteiger partial charge in [0.05, 0.1) is 31.3 Å². The predicted octanol–water partition coefficient (Wildman–Crippen LogP) is 2.11. The van der Waals surface area contributed by atoms with E-state index in [1.807, 2.05) is 0 Å². The monoisotopic (exact) mass is 409 g/mol. The summed E-state index contributed by atoms with van der Waals surface area (Å²) < 4.78 is 48.4. The number of carbonyl (C=O) groups excluding carboxylic acids is 1. The maximum atomic E-state index is 12.3. The highest BCUT2D eigenvalue weighted by molar-refractivity contribution is 5.86. The van der Waals surface area contributed by atoms with Crippen molar-refractivity contribution in [3.05, 3.63) is 42.0 Å². The number of hydrogen-bond acceptors (Lipinski definition) is 6. The molecule has 8 nitrogen and oxygen atoms in total. The number of pyridine rings is 2. The molecule has 0 radical (unpaired) electrons. The number of nitrogens with zero attached hydrogens (tertiary/aromatic N) is 4. The average Bonchev–Trinajstić information content (AvgIpc) is 3.09. The Morgan fingerprint density at radius 2 is 2.10 bits per heavy atom. The van der Waals surface area contributed by atoms with Crippen molar-refractivity contribution in [1.82, 2.24) is 25.1 Å². The van der Waals surface area contributed by atoms with Crippen molar-refractivity contribution in [1.29, 1.82) is 0 Å². The summed E-state index contributed by atoms with van der Waals surface area (Å²) in [6.45, 7) is -1.17. The Balaban J connectivity index is 1.81. The Bertz CT molecular complexity index is 1020. The van der Waals surface area contributed by atoms with Gasteiger partial charge in [-0.2, -0.15) is 18.3 Å². The van der Waals surface area contributed by atoms with Crippen LogP contribution in [0.3, 0.4) is 0 Å². The number of aromatic nitrogens is 4. The number of halogens is 3. The van der Waals surface area contributed by atoms with Gasteiger partial charge in [-0.25, -0.2) is 4.98 Å². The molecule has 29 heavy (non-hydrogen) atoms. The SMILES string of the molecule is CNC(=O)Cc1nccc2nn(Cc3cnc(OCC(F)(F)F)c(OC)c3)cc12. The standard InChI is InChI=1S/C18H18F3N5O3/c1-22-16(27)6-14-12-9-26(25-13(12)3-4-23-14)8-11-5-15(28-2)17(24-7-11)29-10-18(19,20)21/h3-5,7,9H,6,8,10H2,1-2H3,(H,22,27). The minimum absolute atomic E-state index is 0.0884. The second-order valence-electron chi connectivity index (χ2n) is 6.12. The molecule has 1 amide bonds. The van der Waals surface area contributed by atoms with Crippen LogP contribution in [0.5, 0.6) is 11.6 Å². The van der Waals surface area contributed by atoms with Gasteiger partial charge in [-0.3, -0.25) is 14.5 Å². The van der Waals surface area contributed by atoms with Crippen molar-refractivity contribution < 1.29 is 27.4 Å². The molecule has 0 fully saturated rings. The fourth-order valence-corrected chi connectivity index (χ4v) is 2.66. The third-order valence-corrected chi connectivity index (χ3v) is 3.98. The first-order valence-corrected chi connectivity index (χ1v) is 8.53. The number of likely N-dealkylation sites (N-methyl/N-ethyl adjacent to an activating group) is 1. The molecule has 1 N–H and O–H groups in total. The summed E-state index contributed by atoms with van der Waals surface area (Å²) >= 11 is 0. The van der Waals surface area contributed by atoms with Crippen LogP contribution in [0.15, 0.2) is 30.7 Å². The minimum Gasteiger partial charge on any atom is -0.491 e. The molecule has 0 atom stereocenters. The van der Waals surface area contributed by atoms with E-state index in [1.165, 1.54) is 19.4 Å². The third-order valence-electron chi connectivity index (χ3n) is 3.98. The largest absolute Gasteiger partial charge is 0.491 e. The lowest BCUT2D eigenvalue weighted by Gasteiger charge is -2.12. The summed E-state index contributed by atoms with van der Waals surface area (Å²) in [7, 11) is 2.87.